The Labute approximate surface area is 148 Å². The molecule has 0 N–H and O–H groups in total. The maximum absolute atomic E-state index is 13.9. The molecule has 24 heavy (non-hydrogen) atoms. The van der Waals surface area contributed by atoms with Crippen molar-refractivity contribution in [3.05, 3.63) is 69.9 Å². The first-order valence-corrected chi connectivity index (χ1v) is 8.44. The molecule has 2 aromatic carbocycles. The molecule has 1 fully saturated rings. The summed E-state index contributed by atoms with van der Waals surface area (Å²) in [6.45, 7) is 1.66. The van der Waals surface area contributed by atoms with Crippen molar-refractivity contribution in [2.24, 2.45) is 0 Å². The molecule has 1 aliphatic rings. The van der Waals surface area contributed by atoms with Gasteiger partial charge in [-0.15, -0.1) is 0 Å². The normalized spacial score (nSPS) is 14.6. The average molecular weight is 391 g/mol. The molecule has 1 aliphatic heterocycles. The summed E-state index contributed by atoms with van der Waals surface area (Å²) in [6.07, 6.45) is 0. The van der Waals surface area contributed by atoms with E-state index in [1.165, 1.54) is 12.1 Å². The maximum Gasteiger partial charge on any atom is 0.256 e. The van der Waals surface area contributed by atoms with E-state index in [4.69, 9.17) is 0 Å². The molecule has 3 rings (SSSR count). The minimum atomic E-state index is -0.536. The van der Waals surface area contributed by atoms with Crippen molar-refractivity contribution in [2.75, 3.05) is 26.2 Å². The predicted octanol–water partition coefficient (Wildman–Crippen LogP) is 3.19. The molecule has 0 atom stereocenters. The summed E-state index contributed by atoms with van der Waals surface area (Å²) in [5, 5.41) is 0. The van der Waals surface area contributed by atoms with E-state index in [1.54, 1.807) is 28.0 Å². The highest BCUT2D eigenvalue weighted by Crippen LogP contribution is 2.18. The van der Waals surface area contributed by atoms with Gasteiger partial charge in [-0.1, -0.05) is 34.1 Å². The van der Waals surface area contributed by atoms with Crippen LogP contribution in [0.3, 0.4) is 0 Å². The summed E-state index contributed by atoms with van der Waals surface area (Å²) in [7, 11) is 0. The van der Waals surface area contributed by atoms with Crippen molar-refractivity contribution in [1.29, 1.82) is 0 Å². The lowest BCUT2D eigenvalue weighted by Crippen LogP contribution is -2.50. The molecule has 124 valence electrons. The van der Waals surface area contributed by atoms with Gasteiger partial charge in [-0.3, -0.25) is 9.59 Å². The minimum Gasteiger partial charge on any atom is -0.335 e. The van der Waals surface area contributed by atoms with E-state index in [9.17, 15) is 14.0 Å². The zero-order chi connectivity index (χ0) is 17.1. The van der Waals surface area contributed by atoms with Crippen LogP contribution in [0.5, 0.6) is 0 Å². The third-order valence-corrected chi connectivity index (χ3v) is 4.53. The zero-order valence-corrected chi connectivity index (χ0v) is 14.5. The van der Waals surface area contributed by atoms with Gasteiger partial charge in [-0.25, -0.2) is 4.39 Å². The molecule has 0 bridgehead atoms. The monoisotopic (exact) mass is 390 g/mol. The predicted molar refractivity (Wildman–Crippen MR) is 92.3 cm³/mol. The Hall–Kier alpha value is -2.21. The van der Waals surface area contributed by atoms with Crippen LogP contribution >= 0.6 is 15.9 Å². The summed E-state index contributed by atoms with van der Waals surface area (Å²) in [5.41, 5.74) is 0.683. The fourth-order valence-corrected chi connectivity index (χ4v) is 3.07. The summed E-state index contributed by atoms with van der Waals surface area (Å²) >= 11 is 3.25. The third-order valence-electron chi connectivity index (χ3n) is 4.03. The quantitative estimate of drug-likeness (QED) is 0.789. The number of benzene rings is 2. The molecule has 1 heterocycles. The van der Waals surface area contributed by atoms with E-state index in [0.29, 0.717) is 36.2 Å². The Morgan fingerprint density at radius 3 is 2.08 bits per heavy atom. The van der Waals surface area contributed by atoms with Gasteiger partial charge in [-0.05, 0) is 30.3 Å². The fraction of sp³-hybridized carbons (Fsp3) is 0.222. The zero-order valence-electron chi connectivity index (χ0n) is 12.9. The van der Waals surface area contributed by atoms with Crippen LogP contribution in [0.15, 0.2) is 53.0 Å². The van der Waals surface area contributed by atoms with Gasteiger partial charge in [0, 0.05) is 36.2 Å². The summed E-state index contributed by atoms with van der Waals surface area (Å²) in [4.78, 5) is 28.2. The number of rotatable bonds is 2. The Kier molecular flexibility index (Phi) is 4.94. The molecule has 2 amide bonds. The molecular weight excluding hydrogens is 375 g/mol. The Balaban J connectivity index is 1.66. The molecule has 0 saturated carbocycles. The number of hydrogen-bond acceptors (Lipinski definition) is 2. The third kappa shape index (κ3) is 3.48. The molecule has 0 aliphatic carbocycles. The van der Waals surface area contributed by atoms with Gasteiger partial charge < -0.3 is 9.80 Å². The first-order chi connectivity index (χ1) is 11.6. The highest BCUT2D eigenvalue weighted by atomic mass is 79.9. The number of amides is 2. The van der Waals surface area contributed by atoms with Crippen molar-refractivity contribution in [3.63, 3.8) is 0 Å². The standard InChI is InChI=1S/C18H16BrFN2O2/c19-14-6-7-16(20)15(12-14)18(24)22-10-8-21(9-11-22)17(23)13-4-2-1-3-5-13/h1-7,12H,8-11H2. The van der Waals surface area contributed by atoms with Gasteiger partial charge in [0.1, 0.15) is 5.82 Å². The van der Waals surface area contributed by atoms with Crippen LogP contribution in [0.25, 0.3) is 0 Å². The van der Waals surface area contributed by atoms with Crippen molar-refractivity contribution in [2.45, 2.75) is 0 Å². The van der Waals surface area contributed by atoms with E-state index in [2.05, 4.69) is 15.9 Å². The van der Waals surface area contributed by atoms with Gasteiger partial charge >= 0.3 is 0 Å². The van der Waals surface area contributed by atoms with Crippen LogP contribution in [0.2, 0.25) is 0 Å². The Morgan fingerprint density at radius 1 is 0.875 bits per heavy atom. The van der Waals surface area contributed by atoms with E-state index >= 15 is 0 Å². The summed E-state index contributed by atoms with van der Waals surface area (Å²) in [6, 6.07) is 13.4. The minimum absolute atomic E-state index is 0.0451. The summed E-state index contributed by atoms with van der Waals surface area (Å²) < 4.78 is 14.5. The van der Waals surface area contributed by atoms with E-state index < -0.39 is 5.82 Å². The first kappa shape index (κ1) is 16.6. The first-order valence-electron chi connectivity index (χ1n) is 7.65. The van der Waals surface area contributed by atoms with E-state index in [0.717, 1.165) is 0 Å². The second-order valence-electron chi connectivity index (χ2n) is 5.57. The van der Waals surface area contributed by atoms with Gasteiger partial charge in [0.2, 0.25) is 0 Å². The lowest BCUT2D eigenvalue weighted by Gasteiger charge is -2.35. The average Bonchev–Trinajstić information content (AvgIpc) is 2.63. The van der Waals surface area contributed by atoms with Crippen LogP contribution in [0.4, 0.5) is 4.39 Å². The number of nitrogens with zero attached hydrogens (tertiary/aromatic N) is 2. The second-order valence-corrected chi connectivity index (χ2v) is 6.49. The molecule has 4 nitrogen and oxygen atoms in total. The van der Waals surface area contributed by atoms with Gasteiger partial charge in [-0.2, -0.15) is 0 Å². The van der Waals surface area contributed by atoms with Crippen LogP contribution in [0.1, 0.15) is 20.7 Å². The molecule has 6 heteroatoms. The molecule has 0 radical (unpaired) electrons. The Bertz CT molecular complexity index is 759. The van der Waals surface area contributed by atoms with Crippen LogP contribution in [0, 0.1) is 5.82 Å². The largest absolute Gasteiger partial charge is 0.335 e. The van der Waals surface area contributed by atoms with Crippen molar-refractivity contribution in [3.8, 4) is 0 Å². The molecule has 0 unspecified atom stereocenters. The highest BCUT2D eigenvalue weighted by molar-refractivity contribution is 9.10. The molecular formula is C18H16BrFN2O2. The number of carbonyl (C=O) groups excluding carboxylic acids is 2. The van der Waals surface area contributed by atoms with Crippen molar-refractivity contribution >= 4 is 27.7 Å². The Morgan fingerprint density at radius 2 is 1.46 bits per heavy atom. The molecule has 0 spiro atoms. The van der Waals surface area contributed by atoms with Crippen LogP contribution in [-0.4, -0.2) is 47.8 Å². The van der Waals surface area contributed by atoms with Crippen LogP contribution in [-0.2, 0) is 0 Å². The van der Waals surface area contributed by atoms with Gasteiger partial charge in [0.25, 0.3) is 11.8 Å². The lowest BCUT2D eigenvalue weighted by atomic mass is 10.1. The molecule has 2 aromatic rings. The number of halogens is 2. The smallest absolute Gasteiger partial charge is 0.256 e. The van der Waals surface area contributed by atoms with Gasteiger partial charge in [0.05, 0.1) is 5.56 Å². The highest BCUT2D eigenvalue weighted by Gasteiger charge is 2.26. The molecule has 0 aromatic heterocycles. The van der Waals surface area contributed by atoms with Crippen LogP contribution < -0.4 is 0 Å². The lowest BCUT2D eigenvalue weighted by molar-refractivity contribution is 0.0533. The van der Waals surface area contributed by atoms with Gasteiger partial charge in [0.15, 0.2) is 0 Å². The number of hydrogen-bond donors (Lipinski definition) is 0. The second kappa shape index (κ2) is 7.13. The van der Waals surface area contributed by atoms with E-state index in [1.807, 2.05) is 18.2 Å². The maximum atomic E-state index is 13.9. The number of piperazine rings is 1. The molecule has 1 saturated heterocycles. The SMILES string of the molecule is O=C(c1ccccc1)N1CCN(C(=O)c2cc(Br)ccc2F)CC1. The summed E-state index contributed by atoms with van der Waals surface area (Å²) in [5.74, 6) is -0.928. The fourth-order valence-electron chi connectivity index (χ4n) is 2.71. The van der Waals surface area contributed by atoms with Crippen molar-refractivity contribution < 1.29 is 14.0 Å². The topological polar surface area (TPSA) is 40.6 Å². The van der Waals surface area contributed by atoms with Crippen molar-refractivity contribution in [1.82, 2.24) is 9.80 Å². The van der Waals surface area contributed by atoms with E-state index in [-0.39, 0.29) is 17.4 Å². The number of carbonyl (C=O) groups is 2.